The zero-order valence-electron chi connectivity index (χ0n) is 10.5. The Morgan fingerprint density at radius 2 is 1.94 bits per heavy atom. The molecule has 6 heteroatoms. The van der Waals surface area contributed by atoms with E-state index >= 15 is 0 Å². The van der Waals surface area contributed by atoms with E-state index in [1.807, 2.05) is 19.0 Å². The lowest BCUT2D eigenvalue weighted by atomic mass is 10.2. The SMILES string of the molecule is CN(C)CCCNC(=O)c1ccc([N+](=O)[O-])cc1. The molecule has 0 unspecified atom stereocenters. The van der Waals surface area contributed by atoms with Crippen molar-refractivity contribution in [3.63, 3.8) is 0 Å². The van der Waals surface area contributed by atoms with Gasteiger partial charge in [0, 0.05) is 24.2 Å². The normalized spacial score (nSPS) is 10.4. The number of amides is 1. The molecule has 0 saturated carbocycles. The second-order valence-corrected chi connectivity index (χ2v) is 4.22. The van der Waals surface area contributed by atoms with Gasteiger partial charge in [-0.2, -0.15) is 0 Å². The molecule has 0 saturated heterocycles. The van der Waals surface area contributed by atoms with Crippen LogP contribution in [-0.2, 0) is 0 Å². The molecular formula is C12H17N3O3. The van der Waals surface area contributed by atoms with E-state index in [-0.39, 0.29) is 11.6 Å². The molecule has 0 radical (unpaired) electrons. The molecule has 0 fully saturated rings. The first-order valence-electron chi connectivity index (χ1n) is 5.68. The van der Waals surface area contributed by atoms with Crippen LogP contribution in [0.15, 0.2) is 24.3 Å². The Labute approximate surface area is 106 Å². The van der Waals surface area contributed by atoms with Crippen molar-refractivity contribution < 1.29 is 9.72 Å². The van der Waals surface area contributed by atoms with Crippen LogP contribution in [-0.4, -0.2) is 42.9 Å². The van der Waals surface area contributed by atoms with Gasteiger partial charge in [0.15, 0.2) is 0 Å². The number of nitro benzene ring substituents is 1. The molecule has 98 valence electrons. The average Bonchev–Trinajstić information content (AvgIpc) is 2.34. The number of nitro groups is 1. The molecule has 6 nitrogen and oxygen atoms in total. The third kappa shape index (κ3) is 4.50. The quantitative estimate of drug-likeness (QED) is 0.469. The molecule has 0 aliphatic rings. The van der Waals surface area contributed by atoms with Gasteiger partial charge in [-0.05, 0) is 39.2 Å². The third-order valence-electron chi connectivity index (χ3n) is 2.41. The summed E-state index contributed by atoms with van der Waals surface area (Å²) in [6.45, 7) is 1.49. The van der Waals surface area contributed by atoms with Gasteiger partial charge in [-0.1, -0.05) is 0 Å². The van der Waals surface area contributed by atoms with E-state index in [0.29, 0.717) is 12.1 Å². The van der Waals surface area contributed by atoms with Gasteiger partial charge in [-0.3, -0.25) is 14.9 Å². The van der Waals surface area contributed by atoms with Crippen molar-refractivity contribution in [1.29, 1.82) is 0 Å². The van der Waals surface area contributed by atoms with Gasteiger partial charge in [0.25, 0.3) is 11.6 Å². The molecule has 1 aromatic carbocycles. The predicted molar refractivity (Wildman–Crippen MR) is 68.6 cm³/mol. The molecule has 1 aromatic rings. The highest BCUT2D eigenvalue weighted by Crippen LogP contribution is 2.11. The molecule has 0 aromatic heterocycles. The molecule has 0 bridgehead atoms. The first-order chi connectivity index (χ1) is 8.50. The highest BCUT2D eigenvalue weighted by Gasteiger charge is 2.08. The highest BCUT2D eigenvalue weighted by atomic mass is 16.6. The van der Waals surface area contributed by atoms with Crippen molar-refractivity contribution in [3.05, 3.63) is 39.9 Å². The van der Waals surface area contributed by atoms with Crippen LogP contribution in [0.4, 0.5) is 5.69 Å². The Hall–Kier alpha value is -1.95. The summed E-state index contributed by atoms with van der Waals surface area (Å²) in [5.74, 6) is -0.205. The van der Waals surface area contributed by atoms with E-state index in [9.17, 15) is 14.9 Å². The third-order valence-corrected chi connectivity index (χ3v) is 2.41. The summed E-state index contributed by atoms with van der Waals surface area (Å²) in [4.78, 5) is 23.7. The first-order valence-corrected chi connectivity index (χ1v) is 5.68. The van der Waals surface area contributed by atoms with Crippen molar-refractivity contribution in [2.24, 2.45) is 0 Å². The number of hydrogen-bond acceptors (Lipinski definition) is 4. The topological polar surface area (TPSA) is 75.5 Å². The van der Waals surface area contributed by atoms with Crippen LogP contribution in [0.2, 0.25) is 0 Å². The summed E-state index contributed by atoms with van der Waals surface area (Å²) in [7, 11) is 3.94. The largest absolute Gasteiger partial charge is 0.352 e. The van der Waals surface area contributed by atoms with E-state index in [4.69, 9.17) is 0 Å². The number of rotatable bonds is 6. The van der Waals surface area contributed by atoms with Crippen molar-refractivity contribution in [2.45, 2.75) is 6.42 Å². The van der Waals surface area contributed by atoms with Crippen LogP contribution < -0.4 is 5.32 Å². The Balaban J connectivity index is 2.44. The van der Waals surface area contributed by atoms with Gasteiger partial charge in [0.2, 0.25) is 0 Å². The zero-order chi connectivity index (χ0) is 13.5. The number of hydrogen-bond donors (Lipinski definition) is 1. The molecule has 1 rings (SSSR count). The van der Waals surface area contributed by atoms with Crippen LogP contribution in [0.5, 0.6) is 0 Å². The van der Waals surface area contributed by atoms with Gasteiger partial charge < -0.3 is 10.2 Å². The number of non-ortho nitro benzene ring substituents is 1. The van der Waals surface area contributed by atoms with Crippen molar-refractivity contribution in [1.82, 2.24) is 10.2 Å². The van der Waals surface area contributed by atoms with Gasteiger partial charge in [-0.15, -0.1) is 0 Å². The zero-order valence-corrected chi connectivity index (χ0v) is 10.5. The van der Waals surface area contributed by atoms with E-state index in [1.165, 1.54) is 24.3 Å². The number of carbonyl (C=O) groups excluding carboxylic acids is 1. The molecular weight excluding hydrogens is 234 g/mol. The van der Waals surface area contributed by atoms with Gasteiger partial charge in [-0.25, -0.2) is 0 Å². The lowest BCUT2D eigenvalue weighted by Gasteiger charge is -2.09. The Morgan fingerprint density at radius 1 is 1.33 bits per heavy atom. The van der Waals surface area contributed by atoms with E-state index < -0.39 is 4.92 Å². The first kappa shape index (κ1) is 14.1. The van der Waals surface area contributed by atoms with Gasteiger partial charge in [0.05, 0.1) is 4.92 Å². The number of nitrogens with zero attached hydrogens (tertiary/aromatic N) is 2. The van der Waals surface area contributed by atoms with Gasteiger partial charge >= 0.3 is 0 Å². The maximum Gasteiger partial charge on any atom is 0.269 e. The smallest absolute Gasteiger partial charge is 0.269 e. The van der Waals surface area contributed by atoms with Crippen molar-refractivity contribution in [3.8, 4) is 0 Å². The second kappa shape index (κ2) is 6.70. The monoisotopic (exact) mass is 251 g/mol. The summed E-state index contributed by atoms with van der Waals surface area (Å²) in [6.07, 6.45) is 0.867. The highest BCUT2D eigenvalue weighted by molar-refractivity contribution is 5.94. The molecule has 1 N–H and O–H groups in total. The van der Waals surface area contributed by atoms with E-state index in [2.05, 4.69) is 5.32 Å². The maximum absolute atomic E-state index is 11.7. The lowest BCUT2D eigenvalue weighted by Crippen LogP contribution is -2.27. The fourth-order valence-electron chi connectivity index (χ4n) is 1.43. The molecule has 1 amide bonds. The molecule has 0 atom stereocenters. The maximum atomic E-state index is 11.7. The van der Waals surface area contributed by atoms with Crippen LogP contribution in [0.3, 0.4) is 0 Å². The molecule has 0 aliphatic heterocycles. The fraction of sp³-hybridized carbons (Fsp3) is 0.417. The fourth-order valence-corrected chi connectivity index (χ4v) is 1.43. The Bertz CT molecular complexity index is 415. The summed E-state index contributed by atoms with van der Waals surface area (Å²) < 4.78 is 0. The summed E-state index contributed by atoms with van der Waals surface area (Å²) in [5, 5.41) is 13.2. The average molecular weight is 251 g/mol. The van der Waals surface area contributed by atoms with Crippen molar-refractivity contribution >= 4 is 11.6 Å². The summed E-state index contributed by atoms with van der Waals surface area (Å²) >= 11 is 0. The molecule has 18 heavy (non-hydrogen) atoms. The molecule has 0 heterocycles. The minimum Gasteiger partial charge on any atom is -0.352 e. The minimum atomic E-state index is -0.487. The number of carbonyl (C=O) groups is 1. The van der Waals surface area contributed by atoms with Gasteiger partial charge in [0.1, 0.15) is 0 Å². The van der Waals surface area contributed by atoms with Crippen LogP contribution in [0, 0.1) is 10.1 Å². The molecule has 0 spiro atoms. The summed E-state index contributed by atoms with van der Waals surface area (Å²) in [6, 6.07) is 5.57. The van der Waals surface area contributed by atoms with E-state index in [1.54, 1.807) is 0 Å². The Kier molecular flexibility index (Phi) is 5.26. The summed E-state index contributed by atoms with van der Waals surface area (Å²) in [5.41, 5.74) is 0.421. The second-order valence-electron chi connectivity index (χ2n) is 4.22. The van der Waals surface area contributed by atoms with Crippen LogP contribution in [0.1, 0.15) is 16.8 Å². The van der Waals surface area contributed by atoms with Crippen LogP contribution in [0.25, 0.3) is 0 Å². The van der Waals surface area contributed by atoms with E-state index in [0.717, 1.165) is 13.0 Å². The predicted octanol–water partition coefficient (Wildman–Crippen LogP) is 1.28. The molecule has 0 aliphatic carbocycles. The number of nitrogens with one attached hydrogen (secondary N) is 1. The minimum absolute atomic E-state index is 0.0147. The van der Waals surface area contributed by atoms with Crippen molar-refractivity contribution in [2.75, 3.05) is 27.2 Å². The lowest BCUT2D eigenvalue weighted by molar-refractivity contribution is -0.384. The standard InChI is InChI=1S/C12H17N3O3/c1-14(2)9-3-8-13-12(16)10-4-6-11(7-5-10)15(17)18/h4-7H,3,8-9H2,1-2H3,(H,13,16). The number of benzene rings is 1. The Morgan fingerprint density at radius 3 is 2.44 bits per heavy atom. The van der Waals surface area contributed by atoms with Crippen LogP contribution >= 0.6 is 0 Å².